The molecule has 15 heavy (non-hydrogen) atoms. The Hall–Kier alpha value is -0.0800. The van der Waals surface area contributed by atoms with Crippen LogP contribution in [0.15, 0.2) is 0 Å². The second-order valence-electron chi connectivity index (χ2n) is 5.60. The highest BCUT2D eigenvalue weighted by Crippen LogP contribution is 2.31. The largest absolute Gasteiger partial charge is 0.315 e. The minimum atomic E-state index is 0.733. The van der Waals surface area contributed by atoms with Gasteiger partial charge < -0.3 is 10.2 Å². The predicted octanol–water partition coefficient (Wildman–Crippen LogP) is 2.11. The molecule has 88 valence electrons. The van der Waals surface area contributed by atoms with Crippen LogP contribution in [0.2, 0.25) is 0 Å². The lowest BCUT2D eigenvalue weighted by molar-refractivity contribution is 0.242. The topological polar surface area (TPSA) is 15.3 Å². The molecule has 2 heteroatoms. The Bertz CT molecular complexity index is 183. The first-order valence-corrected chi connectivity index (χ1v) is 6.65. The van der Waals surface area contributed by atoms with Gasteiger partial charge in [0.05, 0.1) is 0 Å². The molecule has 0 radical (unpaired) electrons. The quantitative estimate of drug-likeness (QED) is 0.722. The fraction of sp³-hybridized carbons (Fsp3) is 1.00. The molecule has 0 aromatic rings. The van der Waals surface area contributed by atoms with E-state index in [1.807, 2.05) is 0 Å². The fourth-order valence-electron chi connectivity index (χ4n) is 2.99. The lowest BCUT2D eigenvalue weighted by atomic mass is 9.98. The van der Waals surface area contributed by atoms with Crippen molar-refractivity contribution in [3.63, 3.8) is 0 Å². The Labute approximate surface area is 94.4 Å². The summed E-state index contributed by atoms with van der Waals surface area (Å²) < 4.78 is 0. The molecule has 2 saturated carbocycles. The van der Waals surface area contributed by atoms with Gasteiger partial charge in [0.25, 0.3) is 0 Å². The van der Waals surface area contributed by atoms with E-state index in [1.54, 1.807) is 0 Å². The summed E-state index contributed by atoms with van der Waals surface area (Å²) in [6.45, 7) is 2.57. The number of rotatable bonds is 6. The van der Waals surface area contributed by atoms with Crippen molar-refractivity contribution < 1.29 is 0 Å². The zero-order valence-electron chi connectivity index (χ0n) is 10.3. The van der Waals surface area contributed by atoms with Gasteiger partial charge in [0.15, 0.2) is 0 Å². The van der Waals surface area contributed by atoms with Crippen molar-refractivity contribution >= 4 is 0 Å². The van der Waals surface area contributed by atoms with E-state index in [0.29, 0.717) is 0 Å². The van der Waals surface area contributed by atoms with Gasteiger partial charge in [0.1, 0.15) is 0 Å². The number of nitrogens with zero attached hydrogens (tertiary/aromatic N) is 1. The summed E-state index contributed by atoms with van der Waals surface area (Å²) in [6.07, 6.45) is 8.74. The average molecular weight is 210 g/mol. The molecule has 2 rings (SSSR count). The Kier molecular flexibility index (Phi) is 4.04. The molecule has 0 saturated heterocycles. The van der Waals surface area contributed by atoms with Gasteiger partial charge in [0, 0.05) is 19.1 Å². The third-order valence-corrected chi connectivity index (χ3v) is 4.11. The molecule has 2 fully saturated rings. The summed E-state index contributed by atoms with van der Waals surface area (Å²) in [5.41, 5.74) is 0. The normalized spacial score (nSPS) is 25.0. The molecular weight excluding hydrogens is 184 g/mol. The molecule has 0 aromatic carbocycles. The maximum atomic E-state index is 3.53. The number of hydrogen-bond acceptors (Lipinski definition) is 2. The third kappa shape index (κ3) is 3.46. The van der Waals surface area contributed by atoms with Gasteiger partial charge in [-0.1, -0.05) is 12.8 Å². The van der Waals surface area contributed by atoms with E-state index >= 15 is 0 Å². The molecule has 1 N–H and O–H groups in total. The van der Waals surface area contributed by atoms with Crippen molar-refractivity contribution in [2.75, 3.05) is 27.2 Å². The maximum absolute atomic E-state index is 3.53. The minimum Gasteiger partial charge on any atom is -0.315 e. The van der Waals surface area contributed by atoms with Gasteiger partial charge >= 0.3 is 0 Å². The zero-order valence-corrected chi connectivity index (χ0v) is 10.3. The molecule has 2 aliphatic carbocycles. The summed E-state index contributed by atoms with van der Waals surface area (Å²) >= 11 is 0. The van der Waals surface area contributed by atoms with Crippen LogP contribution in [0.1, 0.15) is 38.5 Å². The van der Waals surface area contributed by atoms with Crippen molar-refractivity contribution in [2.45, 2.75) is 44.6 Å². The first-order chi connectivity index (χ1) is 7.29. The molecule has 2 nitrogen and oxygen atoms in total. The fourth-order valence-corrected chi connectivity index (χ4v) is 2.99. The molecule has 0 heterocycles. The number of likely N-dealkylation sites (N-methyl/N-ethyl adjacent to an activating group) is 2. The lowest BCUT2D eigenvalue weighted by Crippen LogP contribution is -2.42. The van der Waals surface area contributed by atoms with E-state index in [0.717, 1.165) is 17.9 Å². The van der Waals surface area contributed by atoms with E-state index in [4.69, 9.17) is 0 Å². The number of hydrogen-bond donors (Lipinski definition) is 1. The molecule has 0 spiro atoms. The van der Waals surface area contributed by atoms with Crippen LogP contribution in [0.4, 0.5) is 0 Å². The van der Waals surface area contributed by atoms with Crippen LogP contribution in [-0.2, 0) is 0 Å². The van der Waals surface area contributed by atoms with Gasteiger partial charge in [0.2, 0.25) is 0 Å². The van der Waals surface area contributed by atoms with Gasteiger partial charge in [-0.15, -0.1) is 0 Å². The van der Waals surface area contributed by atoms with Gasteiger partial charge in [-0.2, -0.15) is 0 Å². The molecule has 0 aromatic heterocycles. The molecule has 1 unspecified atom stereocenters. The molecule has 1 atom stereocenters. The SMILES string of the molecule is CNC(CN(C)CC1CC1)C1CCCC1. The van der Waals surface area contributed by atoms with Gasteiger partial charge in [-0.3, -0.25) is 0 Å². The smallest absolute Gasteiger partial charge is 0.0220 e. The predicted molar refractivity (Wildman–Crippen MR) is 65.0 cm³/mol. The van der Waals surface area contributed by atoms with Crippen LogP contribution in [0.25, 0.3) is 0 Å². The van der Waals surface area contributed by atoms with Crippen LogP contribution in [0.3, 0.4) is 0 Å². The molecule has 0 bridgehead atoms. The second-order valence-corrected chi connectivity index (χ2v) is 5.60. The Morgan fingerprint density at radius 2 is 1.87 bits per heavy atom. The van der Waals surface area contributed by atoms with Crippen molar-refractivity contribution in [2.24, 2.45) is 11.8 Å². The Balaban J connectivity index is 1.72. The standard InChI is InChI=1S/C13H26N2/c1-14-13(12-5-3-4-6-12)10-15(2)9-11-7-8-11/h11-14H,3-10H2,1-2H3. The van der Waals surface area contributed by atoms with E-state index in [1.165, 1.54) is 51.6 Å². The minimum absolute atomic E-state index is 0.733. The van der Waals surface area contributed by atoms with Crippen LogP contribution in [-0.4, -0.2) is 38.1 Å². The molecule has 0 aliphatic heterocycles. The van der Waals surface area contributed by atoms with Crippen LogP contribution >= 0.6 is 0 Å². The third-order valence-electron chi connectivity index (χ3n) is 4.11. The molecular formula is C13H26N2. The summed E-state index contributed by atoms with van der Waals surface area (Å²) in [5.74, 6) is 1.97. The van der Waals surface area contributed by atoms with Crippen LogP contribution in [0.5, 0.6) is 0 Å². The van der Waals surface area contributed by atoms with Crippen molar-refractivity contribution in [1.82, 2.24) is 10.2 Å². The summed E-state index contributed by atoms with van der Waals surface area (Å²) in [4.78, 5) is 2.54. The highest BCUT2D eigenvalue weighted by Gasteiger charge is 2.27. The first kappa shape index (κ1) is 11.4. The van der Waals surface area contributed by atoms with E-state index in [-0.39, 0.29) is 0 Å². The van der Waals surface area contributed by atoms with Crippen LogP contribution in [0, 0.1) is 11.8 Å². The number of nitrogens with one attached hydrogen (secondary N) is 1. The first-order valence-electron chi connectivity index (χ1n) is 6.65. The summed E-state index contributed by atoms with van der Waals surface area (Å²) in [6, 6.07) is 0.733. The van der Waals surface area contributed by atoms with Crippen molar-refractivity contribution in [3.05, 3.63) is 0 Å². The summed E-state index contributed by atoms with van der Waals surface area (Å²) in [7, 11) is 4.42. The second kappa shape index (κ2) is 5.31. The monoisotopic (exact) mass is 210 g/mol. The zero-order chi connectivity index (χ0) is 10.7. The Morgan fingerprint density at radius 1 is 1.20 bits per heavy atom. The van der Waals surface area contributed by atoms with Crippen LogP contribution < -0.4 is 5.32 Å². The van der Waals surface area contributed by atoms with Crippen molar-refractivity contribution in [1.29, 1.82) is 0 Å². The summed E-state index contributed by atoms with van der Waals surface area (Å²) in [5, 5.41) is 3.53. The lowest BCUT2D eigenvalue weighted by Gasteiger charge is -2.28. The van der Waals surface area contributed by atoms with E-state index in [2.05, 4.69) is 24.3 Å². The molecule has 2 aliphatic rings. The van der Waals surface area contributed by atoms with Crippen molar-refractivity contribution in [3.8, 4) is 0 Å². The highest BCUT2D eigenvalue weighted by molar-refractivity contribution is 4.83. The van der Waals surface area contributed by atoms with Gasteiger partial charge in [-0.25, -0.2) is 0 Å². The average Bonchev–Trinajstić information content (AvgIpc) is 2.86. The highest BCUT2D eigenvalue weighted by atomic mass is 15.1. The maximum Gasteiger partial charge on any atom is 0.0220 e. The van der Waals surface area contributed by atoms with Gasteiger partial charge in [-0.05, 0) is 51.6 Å². The van der Waals surface area contributed by atoms with E-state index in [9.17, 15) is 0 Å². The van der Waals surface area contributed by atoms with E-state index < -0.39 is 0 Å². The Morgan fingerprint density at radius 3 is 2.40 bits per heavy atom. The molecule has 0 amide bonds.